The maximum absolute atomic E-state index is 14.2. The van der Waals surface area contributed by atoms with Crippen LogP contribution in [0.5, 0.6) is 0 Å². The number of benzene rings is 1. The van der Waals surface area contributed by atoms with E-state index in [1.54, 1.807) is 19.1 Å². The molecule has 10 saturated heterocycles. The third-order valence-corrected chi connectivity index (χ3v) is 60.6. The molecule has 10 aliphatic rings. The fourth-order valence-electron chi connectivity index (χ4n) is 19.3. The van der Waals surface area contributed by atoms with Crippen LogP contribution in [-0.4, -0.2) is 23.6 Å². The summed E-state index contributed by atoms with van der Waals surface area (Å²) in [6.07, 6.45) is 4.83. The topological polar surface area (TPSA) is 60.4 Å². The third-order valence-electron chi connectivity index (χ3n) is 18.2. The van der Waals surface area contributed by atoms with Crippen molar-refractivity contribution in [3.05, 3.63) is 35.6 Å². The average Bonchev–Trinajstić information content (AvgIpc) is 3.68. The SMILES string of the molecule is C#CC(=O)C(C(=O)OC(C)C(C)=O)(c1ccc(F)cc1)[C]12[CH]3[CH]4[CH]5[CH]1[Fe]45321678[CH]2[CH]1[CH]6[CH]7[CH]28. The van der Waals surface area contributed by atoms with Gasteiger partial charge in [-0.2, -0.15) is 0 Å². The summed E-state index contributed by atoms with van der Waals surface area (Å²) in [6, 6.07) is 5.80. The number of rotatable bonds is 6. The van der Waals surface area contributed by atoms with Gasteiger partial charge >= 0.3 is 169 Å². The number of hydrogen-bond donors (Lipinski definition) is 0. The number of carbonyl (C=O) groups excluding carboxylic acids is 3. The molecule has 0 aliphatic carbocycles. The van der Waals surface area contributed by atoms with Crippen molar-refractivity contribution in [3.63, 3.8) is 0 Å². The molecular weight excluding hydrogens is 439 g/mol. The molecule has 1 aromatic carbocycles. The number of carbonyl (C=O) groups is 3. The molecule has 6 atom stereocenters. The van der Waals surface area contributed by atoms with Gasteiger partial charge in [0.05, 0.1) is 0 Å². The van der Waals surface area contributed by atoms with Gasteiger partial charge in [-0.15, -0.1) is 0 Å². The van der Waals surface area contributed by atoms with E-state index in [4.69, 9.17) is 11.2 Å². The first-order chi connectivity index (χ1) is 14.5. The molecule has 1 spiro atoms. The second-order valence-corrected chi connectivity index (χ2v) is 37.6. The van der Waals surface area contributed by atoms with E-state index in [0.717, 1.165) is 33.7 Å². The van der Waals surface area contributed by atoms with Crippen LogP contribution in [0.2, 0.25) is 47.7 Å². The first-order valence-electron chi connectivity index (χ1n) is 11.2. The van der Waals surface area contributed by atoms with Crippen LogP contribution in [0.25, 0.3) is 0 Å². The quantitative estimate of drug-likeness (QED) is 0.206. The Labute approximate surface area is 168 Å². The van der Waals surface area contributed by atoms with Crippen LogP contribution in [-0.2, 0) is 31.0 Å². The number of ketones is 2. The summed E-state index contributed by atoms with van der Waals surface area (Å²) in [5, 5.41) is 0. The van der Waals surface area contributed by atoms with E-state index in [9.17, 15) is 18.8 Å². The Morgan fingerprint density at radius 2 is 1.58 bits per heavy atom. The molecule has 1 aromatic rings. The zero-order valence-corrected chi connectivity index (χ0v) is 18.1. The van der Waals surface area contributed by atoms with Crippen LogP contribution in [0.3, 0.4) is 0 Å². The van der Waals surface area contributed by atoms with Gasteiger partial charge in [0.25, 0.3) is 0 Å². The molecule has 0 radical (unpaired) electrons. The molecule has 0 amide bonds. The molecule has 6 heteroatoms. The van der Waals surface area contributed by atoms with E-state index in [-0.39, 0.29) is 10.1 Å². The van der Waals surface area contributed by atoms with E-state index in [1.807, 2.05) is 0 Å². The molecule has 4 nitrogen and oxygen atoms in total. The Hall–Kier alpha value is -1.96. The van der Waals surface area contributed by atoms with Gasteiger partial charge in [-0.25, -0.2) is 0 Å². The molecule has 160 valence electrons. The van der Waals surface area contributed by atoms with Crippen LogP contribution in [0.15, 0.2) is 24.3 Å². The van der Waals surface area contributed by atoms with Crippen molar-refractivity contribution in [2.75, 3.05) is 0 Å². The first-order valence-corrected chi connectivity index (χ1v) is 17.5. The number of halogens is 1. The van der Waals surface area contributed by atoms with Gasteiger partial charge in [0.15, 0.2) is 0 Å². The van der Waals surface area contributed by atoms with Gasteiger partial charge in [-0.1, -0.05) is 0 Å². The summed E-state index contributed by atoms with van der Waals surface area (Å²) in [4.78, 5) is 47.1. The molecule has 0 bridgehead atoms. The summed E-state index contributed by atoms with van der Waals surface area (Å²) in [5.41, 5.74) is -1.04. The fraction of sp³-hybridized carbons (Fsp3) is 0.560. The predicted octanol–water partition coefficient (Wildman–Crippen LogP) is 4.55. The molecule has 31 heavy (non-hydrogen) atoms. The molecule has 6 unspecified atom stereocenters. The van der Waals surface area contributed by atoms with Gasteiger partial charge in [0.1, 0.15) is 0 Å². The van der Waals surface area contributed by atoms with Crippen LogP contribution in [0.4, 0.5) is 4.39 Å². The number of terminal acetylenes is 1. The Balaban J connectivity index is 1.26. The standard InChI is InChI=1S/C20H16FO4.C5H5.Fe/c1-4-18(23)20(15-7-5-6-8-15,16-9-11-17(21)12-10-16)19(24)25-14(3)13(2)22;1-2-4-5-3-1;/h1,5-12,14H,2-3H3;1-5H;. The van der Waals surface area contributed by atoms with Gasteiger partial charge in [-0.05, 0) is 0 Å². The second-order valence-electron chi connectivity index (χ2n) is 14.1. The maximum atomic E-state index is 14.2. The molecule has 0 N–H and O–H groups in total. The molecule has 11 rings (SSSR count). The van der Waals surface area contributed by atoms with E-state index in [1.165, 1.54) is 19.1 Å². The normalized spacial score (nSPS) is 73.0. The van der Waals surface area contributed by atoms with Gasteiger partial charge < -0.3 is 0 Å². The van der Waals surface area contributed by atoms with Crippen molar-refractivity contribution in [2.45, 2.75) is 73.0 Å². The van der Waals surface area contributed by atoms with E-state index < -0.39 is 35.6 Å². The van der Waals surface area contributed by atoms with Crippen LogP contribution in [0, 0.1) is 18.2 Å². The van der Waals surface area contributed by atoms with Crippen LogP contribution < -0.4 is 0 Å². The summed E-state index contributed by atoms with van der Waals surface area (Å²) >= 11 is 0. The Morgan fingerprint density at radius 3 is 1.94 bits per heavy atom. The van der Waals surface area contributed by atoms with Crippen LogP contribution in [0.1, 0.15) is 19.4 Å². The molecule has 0 saturated carbocycles. The van der Waals surface area contributed by atoms with Crippen molar-refractivity contribution in [3.8, 4) is 12.3 Å². The van der Waals surface area contributed by atoms with Crippen molar-refractivity contribution < 1.29 is 30.0 Å². The van der Waals surface area contributed by atoms with E-state index in [2.05, 4.69) is 5.92 Å². The van der Waals surface area contributed by atoms with Gasteiger partial charge in [0.2, 0.25) is 0 Å². The Morgan fingerprint density at radius 1 is 1.06 bits per heavy atom. The van der Waals surface area contributed by atoms with Crippen molar-refractivity contribution in [2.24, 2.45) is 0 Å². The number of Topliss-reactive ketones (excluding diaryl/α,β-unsaturated/α-hetero) is 2. The first kappa shape index (κ1) is 15.0. The molecule has 0 aromatic heterocycles. The minimum atomic E-state index is -4.08. The van der Waals surface area contributed by atoms with Gasteiger partial charge in [0, 0.05) is 0 Å². The zero-order chi connectivity index (χ0) is 21.2. The average molecular weight is 460 g/mol. The molecule has 10 fully saturated rings. The zero-order valence-electron chi connectivity index (χ0n) is 17.0. The van der Waals surface area contributed by atoms with E-state index in [0.29, 0.717) is 15.2 Å². The molecule has 10 aliphatic heterocycles. The van der Waals surface area contributed by atoms with E-state index >= 15 is 0 Å². The summed E-state index contributed by atoms with van der Waals surface area (Å²) in [6.45, 7) is -1.15. The number of hydrogen-bond acceptors (Lipinski definition) is 4. The molecular formula is C25H21FFeO4. The van der Waals surface area contributed by atoms with Crippen molar-refractivity contribution in [1.29, 1.82) is 0 Å². The Bertz CT molecular complexity index is 1630. The Kier molecular flexibility index (Phi) is 0.881. The monoisotopic (exact) mass is 460 g/mol. The summed E-state index contributed by atoms with van der Waals surface area (Å²) in [5.74, 6) is 0.498. The number of fused-ring (bicyclic) bond motifs is 10. The third kappa shape index (κ3) is 0.286. The second kappa shape index (κ2) is 1.82. The predicted molar refractivity (Wildman–Crippen MR) is 105 cm³/mol. The summed E-state index contributed by atoms with van der Waals surface area (Å²) < 4.78 is 19.4. The minimum absolute atomic E-state index is 0.264. The summed E-state index contributed by atoms with van der Waals surface area (Å²) in [7, 11) is 0. The van der Waals surface area contributed by atoms with Gasteiger partial charge in [-0.3, -0.25) is 0 Å². The van der Waals surface area contributed by atoms with Crippen molar-refractivity contribution in [1.82, 2.24) is 0 Å². The molecule has 10 heterocycles. The number of esters is 1. The fourth-order valence-corrected chi connectivity index (χ4v) is 94.3. The number of ether oxygens (including phenoxy) is 1. The van der Waals surface area contributed by atoms with Crippen LogP contribution >= 0.6 is 0 Å². The van der Waals surface area contributed by atoms with Crippen molar-refractivity contribution >= 4 is 17.5 Å².